The molecule has 1 unspecified atom stereocenters. The molecule has 1 fully saturated rings. The SMILES string of the molecule is Cc1ccc(C(C)NC(=O)COC(=O)c2ccc(C3SCCCS3)cc2)cc1C. The molecule has 2 aromatic rings. The van der Waals surface area contributed by atoms with E-state index in [1.165, 1.54) is 34.6 Å². The first-order chi connectivity index (χ1) is 13.9. The minimum atomic E-state index is -0.477. The second-order valence-electron chi connectivity index (χ2n) is 7.26. The molecule has 29 heavy (non-hydrogen) atoms. The summed E-state index contributed by atoms with van der Waals surface area (Å²) in [5.74, 6) is 1.57. The van der Waals surface area contributed by atoms with Gasteiger partial charge in [0.1, 0.15) is 0 Å². The molecule has 154 valence electrons. The van der Waals surface area contributed by atoms with E-state index in [2.05, 4.69) is 18.3 Å². The van der Waals surface area contributed by atoms with E-state index in [1.54, 1.807) is 12.1 Å². The molecule has 1 aliphatic heterocycles. The minimum absolute atomic E-state index is 0.148. The van der Waals surface area contributed by atoms with Gasteiger partial charge in [0, 0.05) is 0 Å². The lowest BCUT2D eigenvalue weighted by atomic mass is 10.0. The van der Waals surface area contributed by atoms with Gasteiger partial charge in [-0.2, -0.15) is 0 Å². The van der Waals surface area contributed by atoms with Gasteiger partial charge < -0.3 is 10.1 Å². The van der Waals surface area contributed by atoms with Crippen LogP contribution in [0.1, 0.15) is 56.6 Å². The summed E-state index contributed by atoms with van der Waals surface area (Å²) >= 11 is 3.89. The third-order valence-electron chi connectivity index (χ3n) is 4.99. The molecule has 4 nitrogen and oxygen atoms in total. The van der Waals surface area contributed by atoms with Gasteiger partial charge in [0.2, 0.25) is 0 Å². The monoisotopic (exact) mass is 429 g/mol. The molecular weight excluding hydrogens is 402 g/mol. The van der Waals surface area contributed by atoms with Gasteiger partial charge in [0.25, 0.3) is 5.91 Å². The fourth-order valence-electron chi connectivity index (χ4n) is 3.07. The van der Waals surface area contributed by atoms with E-state index in [4.69, 9.17) is 4.74 Å². The van der Waals surface area contributed by atoms with Crippen LogP contribution in [0.2, 0.25) is 0 Å². The predicted octanol–water partition coefficient (Wildman–Crippen LogP) is 5.21. The molecule has 1 atom stereocenters. The van der Waals surface area contributed by atoms with Gasteiger partial charge in [-0.25, -0.2) is 4.79 Å². The van der Waals surface area contributed by atoms with Gasteiger partial charge in [-0.15, -0.1) is 23.5 Å². The number of ether oxygens (including phenoxy) is 1. The first kappa shape index (κ1) is 21.8. The summed E-state index contributed by atoms with van der Waals surface area (Å²) in [4.78, 5) is 24.4. The molecule has 2 aromatic carbocycles. The van der Waals surface area contributed by atoms with Crippen molar-refractivity contribution in [1.82, 2.24) is 5.32 Å². The standard InChI is InChI=1S/C23H27NO3S2/c1-15-5-6-20(13-16(15)2)17(3)24-21(25)14-27-22(26)18-7-9-19(10-8-18)23-28-11-4-12-29-23/h5-10,13,17,23H,4,11-12,14H2,1-3H3,(H,24,25). The van der Waals surface area contributed by atoms with Crippen molar-refractivity contribution in [2.24, 2.45) is 0 Å². The lowest BCUT2D eigenvalue weighted by Crippen LogP contribution is -2.31. The summed E-state index contributed by atoms with van der Waals surface area (Å²) in [7, 11) is 0. The van der Waals surface area contributed by atoms with Crippen LogP contribution < -0.4 is 5.32 Å². The van der Waals surface area contributed by atoms with Crippen LogP contribution in [0, 0.1) is 13.8 Å². The van der Waals surface area contributed by atoms with Crippen molar-refractivity contribution in [3.8, 4) is 0 Å². The van der Waals surface area contributed by atoms with Gasteiger partial charge in [0.05, 0.1) is 16.2 Å². The summed E-state index contributed by atoms with van der Waals surface area (Å²) in [6, 6.07) is 13.5. The summed E-state index contributed by atoms with van der Waals surface area (Å²) < 4.78 is 5.63. The number of benzene rings is 2. The van der Waals surface area contributed by atoms with Crippen molar-refractivity contribution in [2.45, 2.75) is 37.8 Å². The van der Waals surface area contributed by atoms with Crippen LogP contribution in [0.4, 0.5) is 0 Å². The number of rotatable bonds is 6. The smallest absolute Gasteiger partial charge is 0.338 e. The lowest BCUT2D eigenvalue weighted by molar-refractivity contribution is -0.124. The fourth-order valence-corrected chi connectivity index (χ4v) is 5.97. The Kier molecular flexibility index (Phi) is 7.67. The Hall–Kier alpha value is -1.92. The first-order valence-electron chi connectivity index (χ1n) is 9.81. The summed E-state index contributed by atoms with van der Waals surface area (Å²) in [5, 5.41) is 2.88. The van der Waals surface area contributed by atoms with E-state index >= 15 is 0 Å². The maximum absolute atomic E-state index is 12.3. The molecule has 1 heterocycles. The third kappa shape index (κ3) is 6.03. The molecule has 0 radical (unpaired) electrons. The Bertz CT molecular complexity index is 861. The number of hydrogen-bond donors (Lipinski definition) is 1. The highest BCUT2D eigenvalue weighted by Crippen LogP contribution is 2.43. The number of hydrogen-bond acceptors (Lipinski definition) is 5. The fraction of sp³-hybridized carbons (Fsp3) is 0.391. The zero-order chi connectivity index (χ0) is 20.8. The zero-order valence-corrected chi connectivity index (χ0v) is 18.7. The van der Waals surface area contributed by atoms with Crippen LogP contribution in [0.3, 0.4) is 0 Å². The third-order valence-corrected chi connectivity index (χ3v) is 8.00. The normalized spacial score (nSPS) is 15.6. The molecule has 0 aromatic heterocycles. The van der Waals surface area contributed by atoms with E-state index in [0.717, 1.165) is 5.56 Å². The highest BCUT2D eigenvalue weighted by molar-refractivity contribution is 8.16. The maximum Gasteiger partial charge on any atom is 0.338 e. The second-order valence-corrected chi connectivity index (χ2v) is 9.98. The van der Waals surface area contributed by atoms with E-state index in [9.17, 15) is 9.59 Å². The first-order valence-corrected chi connectivity index (χ1v) is 11.9. The largest absolute Gasteiger partial charge is 0.452 e. The Morgan fingerprint density at radius 1 is 1.07 bits per heavy atom. The zero-order valence-electron chi connectivity index (χ0n) is 17.1. The van der Waals surface area contributed by atoms with Crippen LogP contribution in [0.5, 0.6) is 0 Å². The quantitative estimate of drug-likeness (QED) is 0.639. The van der Waals surface area contributed by atoms with E-state index in [1.807, 2.05) is 61.6 Å². The molecule has 0 saturated carbocycles. The Morgan fingerprint density at radius 2 is 1.76 bits per heavy atom. The highest BCUT2D eigenvalue weighted by Gasteiger charge is 2.18. The maximum atomic E-state index is 12.3. The molecule has 0 aliphatic carbocycles. The van der Waals surface area contributed by atoms with Crippen molar-refractivity contribution < 1.29 is 14.3 Å². The summed E-state index contributed by atoms with van der Waals surface area (Å²) in [6.07, 6.45) is 1.25. The number of esters is 1. The van der Waals surface area contributed by atoms with Crippen LogP contribution in [0.25, 0.3) is 0 Å². The number of aryl methyl sites for hydroxylation is 2. The Morgan fingerprint density at radius 3 is 2.41 bits per heavy atom. The lowest BCUT2D eigenvalue weighted by Gasteiger charge is -2.21. The summed E-state index contributed by atoms with van der Waals surface area (Å²) in [5.41, 5.74) is 5.11. The summed E-state index contributed by atoms with van der Waals surface area (Å²) in [6.45, 7) is 5.74. The van der Waals surface area contributed by atoms with E-state index < -0.39 is 5.97 Å². The average Bonchev–Trinajstić information content (AvgIpc) is 2.74. The van der Waals surface area contributed by atoms with Gasteiger partial charge >= 0.3 is 5.97 Å². The van der Waals surface area contributed by atoms with Gasteiger partial charge in [0.15, 0.2) is 6.61 Å². The van der Waals surface area contributed by atoms with Crippen LogP contribution >= 0.6 is 23.5 Å². The van der Waals surface area contributed by atoms with Crippen molar-refractivity contribution >= 4 is 35.4 Å². The number of amides is 1. The molecule has 1 aliphatic rings. The molecule has 1 N–H and O–H groups in total. The molecular formula is C23H27NO3S2. The molecule has 1 amide bonds. The highest BCUT2D eigenvalue weighted by atomic mass is 32.2. The van der Waals surface area contributed by atoms with Crippen LogP contribution in [-0.2, 0) is 9.53 Å². The van der Waals surface area contributed by atoms with Gasteiger partial charge in [-0.1, -0.05) is 30.3 Å². The van der Waals surface area contributed by atoms with Crippen LogP contribution in [-0.4, -0.2) is 30.0 Å². The van der Waals surface area contributed by atoms with Crippen LogP contribution in [0.15, 0.2) is 42.5 Å². The molecule has 0 spiro atoms. The van der Waals surface area contributed by atoms with Crippen molar-refractivity contribution in [2.75, 3.05) is 18.1 Å². The Balaban J connectivity index is 1.49. The Labute approximate surface area is 181 Å². The van der Waals surface area contributed by atoms with Crippen molar-refractivity contribution in [1.29, 1.82) is 0 Å². The number of thioether (sulfide) groups is 2. The predicted molar refractivity (Wildman–Crippen MR) is 121 cm³/mol. The van der Waals surface area contributed by atoms with Crippen molar-refractivity contribution in [3.05, 3.63) is 70.3 Å². The average molecular weight is 430 g/mol. The van der Waals surface area contributed by atoms with E-state index in [-0.39, 0.29) is 18.6 Å². The van der Waals surface area contributed by atoms with Gasteiger partial charge in [-0.05, 0) is 73.1 Å². The minimum Gasteiger partial charge on any atom is -0.452 e. The second kappa shape index (κ2) is 10.2. The van der Waals surface area contributed by atoms with Crippen molar-refractivity contribution in [3.63, 3.8) is 0 Å². The number of nitrogens with one attached hydrogen (secondary N) is 1. The molecule has 6 heteroatoms. The van der Waals surface area contributed by atoms with Gasteiger partial charge in [-0.3, -0.25) is 4.79 Å². The molecule has 3 rings (SSSR count). The molecule has 0 bridgehead atoms. The molecule has 1 saturated heterocycles. The number of carbonyl (C=O) groups excluding carboxylic acids is 2. The topological polar surface area (TPSA) is 55.4 Å². The number of carbonyl (C=O) groups is 2. The van der Waals surface area contributed by atoms with E-state index in [0.29, 0.717) is 10.1 Å².